The van der Waals surface area contributed by atoms with Gasteiger partial charge in [0.05, 0.1) is 6.61 Å². The van der Waals surface area contributed by atoms with Crippen LogP contribution in [0.2, 0.25) is 0 Å². The molecule has 0 saturated carbocycles. The van der Waals surface area contributed by atoms with Crippen molar-refractivity contribution in [2.45, 2.75) is 71.1 Å². The molecule has 0 aromatic heterocycles. The molecule has 0 saturated heterocycles. The second-order valence-corrected chi connectivity index (χ2v) is 6.86. The van der Waals surface area contributed by atoms with Crippen molar-refractivity contribution >= 4 is 50.4 Å². The van der Waals surface area contributed by atoms with Crippen LogP contribution >= 0.6 is 11.7 Å². The Kier molecular flexibility index (Phi) is 17.6. The van der Waals surface area contributed by atoms with Crippen molar-refractivity contribution in [3.8, 4) is 0 Å². The molecular formula is C12H27NaO3S2. The molecule has 0 fully saturated rings. The summed E-state index contributed by atoms with van der Waals surface area (Å²) in [5.41, 5.74) is 0. The van der Waals surface area contributed by atoms with E-state index in [1.165, 1.54) is 51.4 Å². The molecule has 0 radical (unpaired) electrons. The van der Waals surface area contributed by atoms with E-state index in [9.17, 15) is 8.42 Å². The zero-order valence-electron chi connectivity index (χ0n) is 10.9. The molecule has 0 heterocycles. The Bertz CT molecular complexity index is 256. The van der Waals surface area contributed by atoms with Crippen LogP contribution in [0.5, 0.6) is 0 Å². The molecule has 18 heavy (non-hydrogen) atoms. The Morgan fingerprint density at radius 2 is 1.22 bits per heavy atom. The molecule has 0 unspecified atom stereocenters. The van der Waals surface area contributed by atoms with Crippen LogP contribution < -0.4 is 0 Å². The Balaban J connectivity index is 0. The van der Waals surface area contributed by atoms with Crippen LogP contribution in [0.1, 0.15) is 71.1 Å². The first kappa shape index (κ1) is 21.6. The first-order valence-corrected chi connectivity index (χ1v) is 9.14. The molecule has 106 valence electrons. The van der Waals surface area contributed by atoms with Gasteiger partial charge < -0.3 is 0 Å². The minimum absolute atomic E-state index is 0. The fraction of sp³-hybridized carbons (Fsp3) is 1.00. The summed E-state index contributed by atoms with van der Waals surface area (Å²) in [6, 6.07) is 0. The molecule has 0 amide bonds. The third-order valence-corrected chi connectivity index (χ3v) is 3.51. The average Bonchev–Trinajstić information content (AvgIpc) is 2.24. The molecule has 0 aliphatic heterocycles. The number of thiol groups is 1. The Morgan fingerprint density at radius 1 is 0.833 bits per heavy atom. The van der Waals surface area contributed by atoms with Crippen LogP contribution in [-0.4, -0.2) is 44.6 Å². The molecule has 0 bridgehead atoms. The van der Waals surface area contributed by atoms with E-state index in [1.54, 1.807) is 0 Å². The van der Waals surface area contributed by atoms with Crippen LogP contribution in [0, 0.1) is 0 Å². The molecule has 0 aliphatic rings. The van der Waals surface area contributed by atoms with Gasteiger partial charge in [-0.15, -0.1) is 0 Å². The number of hydrogen-bond donors (Lipinski definition) is 1. The van der Waals surface area contributed by atoms with E-state index in [-0.39, 0.29) is 36.2 Å². The van der Waals surface area contributed by atoms with Crippen molar-refractivity contribution in [2.75, 3.05) is 6.61 Å². The van der Waals surface area contributed by atoms with E-state index in [2.05, 4.69) is 22.8 Å². The summed E-state index contributed by atoms with van der Waals surface area (Å²) in [5, 5.41) is 0. The van der Waals surface area contributed by atoms with E-state index in [1.807, 2.05) is 0 Å². The second kappa shape index (κ2) is 14.7. The van der Waals surface area contributed by atoms with Gasteiger partial charge in [-0.25, -0.2) is 0 Å². The summed E-state index contributed by atoms with van der Waals surface area (Å²) < 4.78 is 25.6. The summed E-state index contributed by atoms with van der Waals surface area (Å²) >= 11 is 3.30. The monoisotopic (exact) mass is 306 g/mol. The van der Waals surface area contributed by atoms with Gasteiger partial charge in [-0.05, 0) is 18.1 Å². The maximum atomic E-state index is 10.5. The van der Waals surface area contributed by atoms with Crippen molar-refractivity contribution in [1.82, 2.24) is 0 Å². The predicted octanol–water partition coefficient (Wildman–Crippen LogP) is 3.45. The van der Waals surface area contributed by atoms with Gasteiger partial charge in [-0.3, -0.25) is 4.18 Å². The van der Waals surface area contributed by atoms with Crippen molar-refractivity contribution in [3.05, 3.63) is 0 Å². The van der Waals surface area contributed by atoms with Crippen molar-refractivity contribution < 1.29 is 12.6 Å². The Labute approximate surface area is 140 Å². The summed E-state index contributed by atoms with van der Waals surface area (Å²) in [5.74, 6) is 0. The fourth-order valence-corrected chi connectivity index (χ4v) is 2.31. The molecule has 0 aromatic rings. The van der Waals surface area contributed by atoms with Crippen LogP contribution in [0.15, 0.2) is 0 Å². The van der Waals surface area contributed by atoms with Crippen molar-refractivity contribution in [3.63, 3.8) is 0 Å². The third kappa shape index (κ3) is 19.6. The van der Waals surface area contributed by atoms with Crippen LogP contribution in [0.4, 0.5) is 0 Å². The van der Waals surface area contributed by atoms with E-state index in [0.29, 0.717) is 0 Å². The molecule has 0 aliphatic carbocycles. The fourth-order valence-electron chi connectivity index (χ4n) is 1.75. The summed E-state index contributed by atoms with van der Waals surface area (Å²) in [6.45, 7) is 2.50. The first-order valence-electron chi connectivity index (χ1n) is 6.68. The molecule has 0 spiro atoms. The van der Waals surface area contributed by atoms with E-state index in [4.69, 9.17) is 0 Å². The van der Waals surface area contributed by atoms with Crippen molar-refractivity contribution in [1.29, 1.82) is 0 Å². The normalized spacial score (nSPS) is 11.2. The zero-order valence-corrected chi connectivity index (χ0v) is 12.6. The van der Waals surface area contributed by atoms with Gasteiger partial charge in [0.25, 0.3) is 0 Å². The summed E-state index contributed by atoms with van der Waals surface area (Å²) in [6.07, 6.45) is 12.3. The predicted molar refractivity (Wildman–Crippen MR) is 82.9 cm³/mol. The van der Waals surface area contributed by atoms with Crippen molar-refractivity contribution in [2.24, 2.45) is 0 Å². The van der Waals surface area contributed by atoms with Crippen LogP contribution in [0.25, 0.3) is 0 Å². The van der Waals surface area contributed by atoms with Gasteiger partial charge in [-0.1, -0.05) is 64.7 Å². The van der Waals surface area contributed by atoms with Crippen LogP contribution in [0.3, 0.4) is 0 Å². The third-order valence-electron chi connectivity index (χ3n) is 2.73. The van der Waals surface area contributed by atoms with E-state index >= 15 is 0 Å². The minimum atomic E-state index is -3.54. The molecule has 0 N–H and O–H groups in total. The summed E-state index contributed by atoms with van der Waals surface area (Å²) in [7, 11) is -3.54. The first-order chi connectivity index (χ1) is 8.06. The van der Waals surface area contributed by atoms with Gasteiger partial charge in [0, 0.05) is 0 Å². The Hall–Kier alpha value is 1.26. The molecule has 0 aromatic carbocycles. The number of hydrogen-bond acceptors (Lipinski definition) is 3. The molecular weight excluding hydrogens is 279 g/mol. The van der Waals surface area contributed by atoms with Gasteiger partial charge in [-0.2, -0.15) is 8.42 Å². The van der Waals surface area contributed by atoms with Gasteiger partial charge in [0.1, 0.15) is 0 Å². The topological polar surface area (TPSA) is 43.4 Å². The number of rotatable bonds is 12. The molecule has 6 heteroatoms. The number of unbranched alkanes of at least 4 members (excludes halogenated alkanes) is 9. The Morgan fingerprint density at radius 3 is 1.61 bits per heavy atom. The summed E-state index contributed by atoms with van der Waals surface area (Å²) in [4.78, 5) is 0. The second-order valence-electron chi connectivity index (χ2n) is 4.43. The SMILES string of the molecule is CCCCCCCCCCCCOS(=O)(=O)S.[NaH]. The van der Waals surface area contributed by atoms with Gasteiger partial charge in [0.2, 0.25) is 0 Å². The molecule has 0 rings (SSSR count). The van der Waals surface area contributed by atoms with Gasteiger partial charge >= 0.3 is 38.7 Å². The zero-order chi connectivity index (χ0) is 13.0. The quantitative estimate of drug-likeness (QED) is 0.260. The average molecular weight is 306 g/mol. The van der Waals surface area contributed by atoms with E-state index < -0.39 is 9.15 Å². The van der Waals surface area contributed by atoms with E-state index in [0.717, 1.165) is 12.8 Å². The standard InChI is InChI=1S/C12H26O3S2.Na.H/c1-2-3-4-5-6-7-8-9-10-11-12-15-17(13,14)16;;/h2-12H2,1H3,(H,13,14,16);;. The van der Waals surface area contributed by atoms with Crippen LogP contribution in [-0.2, 0) is 13.3 Å². The van der Waals surface area contributed by atoms with Gasteiger partial charge in [0.15, 0.2) is 0 Å². The maximum absolute atomic E-state index is 10.5. The molecule has 0 atom stereocenters. The molecule has 3 nitrogen and oxygen atoms in total.